The topological polar surface area (TPSA) is 58.1 Å². The molecule has 0 aromatic carbocycles. The Balaban J connectivity index is 2.23. The van der Waals surface area contributed by atoms with Gasteiger partial charge in [-0.05, 0) is 32.6 Å². The number of carbonyl (C=O) groups is 1. The molecule has 1 aromatic rings. The molecule has 0 radical (unpaired) electrons. The molecule has 0 saturated heterocycles. The van der Waals surface area contributed by atoms with Gasteiger partial charge < -0.3 is 10.2 Å². The van der Waals surface area contributed by atoms with Crippen LogP contribution in [0.5, 0.6) is 0 Å². The normalized spacial score (nSPS) is 15.4. The SMILES string of the molecule is CNC(=O)C(C)CN(C)c1nc(C)nc2c1CCCC2. The van der Waals surface area contributed by atoms with E-state index < -0.39 is 0 Å². The van der Waals surface area contributed by atoms with Crippen molar-refractivity contribution in [3.05, 3.63) is 17.1 Å². The molecule has 0 spiro atoms. The van der Waals surface area contributed by atoms with Crippen molar-refractivity contribution >= 4 is 11.7 Å². The fraction of sp³-hybridized carbons (Fsp3) is 0.667. The van der Waals surface area contributed by atoms with Crippen LogP contribution in [0.15, 0.2) is 0 Å². The number of nitrogens with zero attached hydrogens (tertiary/aromatic N) is 3. The number of amides is 1. The first kappa shape index (κ1) is 14.8. The molecule has 1 aromatic heterocycles. The number of anilines is 1. The smallest absolute Gasteiger partial charge is 0.224 e. The summed E-state index contributed by atoms with van der Waals surface area (Å²) in [6, 6.07) is 0. The molecule has 1 atom stereocenters. The van der Waals surface area contributed by atoms with E-state index in [1.165, 1.54) is 24.1 Å². The van der Waals surface area contributed by atoms with Crippen LogP contribution in [-0.2, 0) is 17.6 Å². The molecule has 5 nitrogen and oxygen atoms in total. The van der Waals surface area contributed by atoms with E-state index >= 15 is 0 Å². The Kier molecular flexibility index (Phi) is 4.57. The van der Waals surface area contributed by atoms with Gasteiger partial charge in [-0.3, -0.25) is 4.79 Å². The number of nitrogens with one attached hydrogen (secondary N) is 1. The van der Waals surface area contributed by atoms with Crippen molar-refractivity contribution in [2.45, 2.75) is 39.5 Å². The molecule has 1 amide bonds. The number of carbonyl (C=O) groups excluding carboxylic acids is 1. The second-order valence-electron chi connectivity index (χ2n) is 5.62. The molecule has 1 aliphatic carbocycles. The van der Waals surface area contributed by atoms with Gasteiger partial charge >= 0.3 is 0 Å². The molecule has 110 valence electrons. The van der Waals surface area contributed by atoms with E-state index in [1.54, 1.807) is 7.05 Å². The summed E-state index contributed by atoms with van der Waals surface area (Å²) >= 11 is 0. The Morgan fingerprint density at radius 3 is 2.75 bits per heavy atom. The molecule has 0 saturated carbocycles. The molecule has 1 heterocycles. The number of hydrogen-bond donors (Lipinski definition) is 1. The third-order valence-corrected chi connectivity index (χ3v) is 3.88. The van der Waals surface area contributed by atoms with Gasteiger partial charge in [-0.2, -0.15) is 0 Å². The van der Waals surface area contributed by atoms with Crippen molar-refractivity contribution in [2.75, 3.05) is 25.5 Å². The highest BCUT2D eigenvalue weighted by Crippen LogP contribution is 2.27. The lowest BCUT2D eigenvalue weighted by Gasteiger charge is -2.27. The second kappa shape index (κ2) is 6.20. The number of hydrogen-bond acceptors (Lipinski definition) is 4. The van der Waals surface area contributed by atoms with Gasteiger partial charge in [0.1, 0.15) is 11.6 Å². The highest BCUT2D eigenvalue weighted by atomic mass is 16.1. The highest BCUT2D eigenvalue weighted by Gasteiger charge is 2.21. The molecule has 2 rings (SSSR count). The monoisotopic (exact) mass is 276 g/mol. The fourth-order valence-electron chi connectivity index (χ4n) is 2.84. The molecular weight excluding hydrogens is 252 g/mol. The first-order valence-electron chi connectivity index (χ1n) is 7.32. The molecule has 1 aliphatic rings. The van der Waals surface area contributed by atoms with Crippen molar-refractivity contribution in [3.63, 3.8) is 0 Å². The molecule has 5 heteroatoms. The van der Waals surface area contributed by atoms with E-state index in [-0.39, 0.29) is 11.8 Å². The largest absolute Gasteiger partial charge is 0.359 e. The Hall–Kier alpha value is -1.65. The standard InChI is InChI=1S/C15H24N4O/c1-10(15(20)16-3)9-19(4)14-12-7-5-6-8-13(12)17-11(2)18-14/h10H,5-9H2,1-4H3,(H,16,20). The quantitative estimate of drug-likeness (QED) is 0.905. The Bertz CT molecular complexity index is 501. The zero-order valence-corrected chi connectivity index (χ0v) is 12.9. The molecule has 0 fully saturated rings. The van der Waals surface area contributed by atoms with Gasteiger partial charge in [-0.15, -0.1) is 0 Å². The Morgan fingerprint density at radius 2 is 2.05 bits per heavy atom. The van der Waals surface area contributed by atoms with Crippen LogP contribution in [0, 0.1) is 12.8 Å². The summed E-state index contributed by atoms with van der Waals surface area (Å²) in [5.74, 6) is 1.83. The third-order valence-electron chi connectivity index (χ3n) is 3.88. The second-order valence-corrected chi connectivity index (χ2v) is 5.62. The maximum atomic E-state index is 11.7. The van der Waals surface area contributed by atoms with Crippen LogP contribution in [0.1, 0.15) is 36.8 Å². The number of aryl methyl sites for hydroxylation is 2. The Labute approximate surface area is 120 Å². The van der Waals surface area contributed by atoms with Gasteiger partial charge in [0.15, 0.2) is 0 Å². The first-order valence-corrected chi connectivity index (χ1v) is 7.32. The summed E-state index contributed by atoms with van der Waals surface area (Å²) in [5.41, 5.74) is 2.46. The van der Waals surface area contributed by atoms with Gasteiger partial charge in [0.25, 0.3) is 0 Å². The minimum atomic E-state index is -0.0560. The van der Waals surface area contributed by atoms with Crippen molar-refractivity contribution in [2.24, 2.45) is 5.92 Å². The van der Waals surface area contributed by atoms with Crippen LogP contribution in [-0.4, -0.2) is 36.5 Å². The van der Waals surface area contributed by atoms with Crippen LogP contribution >= 0.6 is 0 Å². The minimum Gasteiger partial charge on any atom is -0.359 e. The summed E-state index contributed by atoms with van der Waals surface area (Å²) in [6.45, 7) is 4.55. The number of fused-ring (bicyclic) bond motifs is 1. The van der Waals surface area contributed by atoms with Crippen LogP contribution in [0.2, 0.25) is 0 Å². The maximum Gasteiger partial charge on any atom is 0.224 e. The average molecular weight is 276 g/mol. The zero-order valence-electron chi connectivity index (χ0n) is 12.9. The van der Waals surface area contributed by atoms with E-state index in [0.717, 1.165) is 24.5 Å². The number of aromatic nitrogens is 2. The van der Waals surface area contributed by atoms with E-state index in [4.69, 9.17) is 0 Å². The van der Waals surface area contributed by atoms with Crippen molar-refractivity contribution in [1.82, 2.24) is 15.3 Å². The lowest BCUT2D eigenvalue weighted by atomic mass is 9.96. The molecule has 1 N–H and O–H groups in total. The lowest BCUT2D eigenvalue weighted by molar-refractivity contribution is -0.123. The molecule has 20 heavy (non-hydrogen) atoms. The van der Waals surface area contributed by atoms with E-state index in [1.807, 2.05) is 20.9 Å². The van der Waals surface area contributed by atoms with Crippen molar-refractivity contribution in [3.8, 4) is 0 Å². The summed E-state index contributed by atoms with van der Waals surface area (Å²) in [4.78, 5) is 22.9. The van der Waals surface area contributed by atoms with E-state index in [9.17, 15) is 4.79 Å². The summed E-state index contributed by atoms with van der Waals surface area (Å²) < 4.78 is 0. The predicted molar refractivity (Wildman–Crippen MR) is 79.9 cm³/mol. The first-order chi connectivity index (χ1) is 9.52. The zero-order chi connectivity index (χ0) is 14.7. The molecule has 0 aliphatic heterocycles. The van der Waals surface area contributed by atoms with E-state index in [2.05, 4.69) is 20.2 Å². The Morgan fingerprint density at radius 1 is 1.35 bits per heavy atom. The van der Waals surface area contributed by atoms with Gasteiger partial charge in [0.2, 0.25) is 5.91 Å². The van der Waals surface area contributed by atoms with Crippen molar-refractivity contribution < 1.29 is 4.79 Å². The van der Waals surface area contributed by atoms with E-state index in [0.29, 0.717) is 6.54 Å². The van der Waals surface area contributed by atoms with Crippen LogP contribution in [0.4, 0.5) is 5.82 Å². The summed E-state index contributed by atoms with van der Waals surface area (Å²) in [5, 5.41) is 2.70. The lowest BCUT2D eigenvalue weighted by Crippen LogP contribution is -2.35. The molecular formula is C15H24N4O. The maximum absolute atomic E-state index is 11.7. The van der Waals surface area contributed by atoms with Crippen LogP contribution in [0.3, 0.4) is 0 Å². The van der Waals surface area contributed by atoms with Crippen LogP contribution < -0.4 is 10.2 Å². The average Bonchev–Trinajstić information content (AvgIpc) is 2.45. The molecule has 0 bridgehead atoms. The molecule has 1 unspecified atom stereocenters. The summed E-state index contributed by atoms with van der Waals surface area (Å²) in [7, 11) is 3.69. The highest BCUT2D eigenvalue weighted by molar-refractivity contribution is 5.78. The van der Waals surface area contributed by atoms with Crippen molar-refractivity contribution in [1.29, 1.82) is 0 Å². The third kappa shape index (κ3) is 3.08. The van der Waals surface area contributed by atoms with Gasteiger partial charge in [0, 0.05) is 31.9 Å². The summed E-state index contributed by atoms with van der Waals surface area (Å²) in [6.07, 6.45) is 4.50. The van der Waals surface area contributed by atoms with Gasteiger partial charge in [0.05, 0.1) is 5.92 Å². The van der Waals surface area contributed by atoms with Gasteiger partial charge in [-0.1, -0.05) is 6.92 Å². The fourth-order valence-corrected chi connectivity index (χ4v) is 2.84. The van der Waals surface area contributed by atoms with Crippen LogP contribution in [0.25, 0.3) is 0 Å². The minimum absolute atomic E-state index is 0.0560. The number of rotatable bonds is 4. The van der Waals surface area contributed by atoms with Gasteiger partial charge in [-0.25, -0.2) is 9.97 Å². The predicted octanol–water partition coefficient (Wildman–Crippen LogP) is 1.48.